The molecule has 4 amide bonds. The fourth-order valence-electron chi connectivity index (χ4n) is 11.9. The smallest absolute Gasteiger partial charge is 0.445 e. The van der Waals surface area contributed by atoms with E-state index in [1.165, 1.54) is 33.4 Å². The van der Waals surface area contributed by atoms with E-state index in [4.69, 9.17) is 61.8 Å². The van der Waals surface area contributed by atoms with Crippen LogP contribution in [-0.2, 0) is 110 Å². The first kappa shape index (κ1) is 125. The Hall–Kier alpha value is -6.37. The Kier molecular flexibility index (Phi) is 71.2. The Balaban J connectivity index is 0.00000171. The van der Waals surface area contributed by atoms with Crippen molar-refractivity contribution in [1.29, 1.82) is 0 Å². The lowest BCUT2D eigenvalue weighted by molar-refractivity contribution is -0.0534. The van der Waals surface area contributed by atoms with Gasteiger partial charge in [-0.2, -0.15) is 21.6 Å². The van der Waals surface area contributed by atoms with Gasteiger partial charge in [-0.25, -0.2) is 19.2 Å². The van der Waals surface area contributed by atoms with Crippen LogP contribution < -0.4 is 21.3 Å². The first-order chi connectivity index (χ1) is 62.7. The number of hydrogen-bond acceptors (Lipinski definition) is 32. The van der Waals surface area contributed by atoms with E-state index in [1.54, 1.807) is 27.7 Å². The number of nitrogens with zero attached hydrogens (tertiary/aromatic N) is 4. The predicted molar refractivity (Wildman–Crippen MR) is 496 cm³/mol. The van der Waals surface area contributed by atoms with Gasteiger partial charge in [-0.1, -0.05) is 177 Å². The summed E-state index contributed by atoms with van der Waals surface area (Å²) >= 11 is 0. The van der Waals surface area contributed by atoms with Gasteiger partial charge in [-0.3, -0.25) is 17.9 Å². The fourth-order valence-corrected chi connectivity index (χ4v) is 16.8. The molecule has 4 rings (SSSR count). The third-order valence-electron chi connectivity index (χ3n) is 19.5. The molecule has 131 heavy (non-hydrogen) atoms. The fraction of sp³-hybridized carbons (Fsp3) is 0.682. The zero-order valence-electron chi connectivity index (χ0n) is 79.2. The van der Waals surface area contributed by atoms with Crippen molar-refractivity contribution in [2.24, 2.45) is 0 Å². The normalized spacial score (nSPS) is 13.5. The van der Waals surface area contributed by atoms with Crippen LogP contribution >= 0.6 is 22.8 Å². The minimum atomic E-state index is -5.80. The molecule has 43 heteroatoms. The van der Waals surface area contributed by atoms with Crippen LogP contribution in [0.25, 0.3) is 0 Å². The minimum Gasteiger partial charge on any atom is -0.445 e. The van der Waals surface area contributed by atoms with E-state index in [9.17, 15) is 69.8 Å². The van der Waals surface area contributed by atoms with Crippen molar-refractivity contribution in [3.05, 3.63) is 144 Å². The van der Waals surface area contributed by atoms with Crippen LogP contribution in [0.15, 0.2) is 121 Å². The van der Waals surface area contributed by atoms with Crippen molar-refractivity contribution >= 4 is 57.3 Å². The molecular formula is C88H154F3N8O28P3S. The number of hydrogen-bond donors (Lipinski definition) is 10. The van der Waals surface area contributed by atoms with Gasteiger partial charge in [0.1, 0.15) is 39.1 Å². The number of amides is 4. The van der Waals surface area contributed by atoms with Gasteiger partial charge in [0, 0.05) is 76.5 Å². The number of aliphatic hydroxyl groups is 6. The van der Waals surface area contributed by atoms with E-state index in [1.807, 2.05) is 170 Å². The second kappa shape index (κ2) is 74.8. The molecule has 0 aliphatic rings. The van der Waals surface area contributed by atoms with Gasteiger partial charge >= 0.3 is 62.8 Å². The molecule has 756 valence electrons. The van der Waals surface area contributed by atoms with Gasteiger partial charge in [0.15, 0.2) is 6.35 Å². The molecule has 0 radical (unpaired) electrons. The number of rotatable bonds is 65. The Bertz CT molecular complexity index is 3660. The Morgan fingerprint density at radius 3 is 0.779 bits per heavy atom. The summed E-state index contributed by atoms with van der Waals surface area (Å²) < 4.78 is 161. The number of aliphatic hydroxyl groups excluding tert-OH is 6. The summed E-state index contributed by atoms with van der Waals surface area (Å²) in [6, 6.07) is 36.1. The number of carbonyl (C=O) groups excluding carboxylic acids is 4. The second-order valence-electron chi connectivity index (χ2n) is 29.0. The molecule has 0 aliphatic heterocycles. The SMILES string of the molecule is CCOP(=O)(COC[C@H](CC)N(CCN(C(=O)OCc1ccccc1)[C@@H](CC)CO)C(=O)OCc1ccccc1)OCC.CCOP(=O)(COC[C@H](CC)NCCN[C@@H](CC)CO)OCC.CCOP(=O)(COS(=O)(=O)C(F)(F)F)OCC.CC[C@@H](CO)N(CCN(C(=O)OCc1ccccc1)[C@@H](CC)CO)C(=O)OCc1ccccc1.CC[C@@H](CO)NCCN[C@@H](CC)CO. The molecule has 0 heterocycles. The summed E-state index contributed by atoms with van der Waals surface area (Å²) in [5.74, 6) is 0. The first-order valence-electron chi connectivity index (χ1n) is 45.0. The zero-order chi connectivity index (χ0) is 98.4. The molecule has 4 aromatic rings. The lowest BCUT2D eigenvalue weighted by atomic mass is 10.2. The molecule has 10 N–H and O–H groups in total. The molecule has 0 aliphatic carbocycles. The van der Waals surface area contributed by atoms with Crippen LogP contribution in [-0.4, -0.2) is 301 Å². The number of nitrogens with one attached hydrogen (secondary N) is 4. The van der Waals surface area contributed by atoms with Crippen molar-refractivity contribution in [3.8, 4) is 0 Å². The standard InChI is InChI=1S/C31H47N2O9P.C26H36N2O6.C15H35N2O5P.C10H24N2O2.C6H12F3O6PS/c1-5-28(21-34)32(30(35)39-22-26-15-11-9-12-16-26)19-20-33(31(36)40-23-27-17-13-10-14-18-27)29(6-2)24-38-25-43(37,41-7-3)42-8-4;1-3-23(17-29)27(25(31)33-19-21-11-7-5-8-12-21)15-16-28(24(4-2)18-30)26(32)34-20-22-13-9-6-10-14-22;1-5-14(11-18)16-9-10-17-15(6-2)12-20-13-23(19,21-7-3)22-8-4;1-3-9(7-13)11-5-6-12-10(4-2)8-14;1-3-13-16(10,14-4-2)5-15-17(11,12)6(7,8)9/h9-18,28-29,34H,5-8,19-25H2,1-4H3;5-14,23-24,29-30H,3-4,15-20H2,1-2H3;14-18H,5-13H2,1-4H3;9-14H,3-8H2,1-2H3;3-5H2,1-2H3/t28-,29-;23-,24-;14-,15-;9-,10-;/m0000./s1. The molecule has 0 saturated heterocycles. The largest absolute Gasteiger partial charge is 0.523 e. The molecular weight excluding hydrogens is 1800 g/mol. The molecule has 0 fully saturated rings. The Morgan fingerprint density at radius 1 is 0.336 bits per heavy atom. The van der Waals surface area contributed by atoms with Crippen LogP contribution in [0.5, 0.6) is 0 Å². The Morgan fingerprint density at radius 2 is 0.565 bits per heavy atom. The molecule has 0 unspecified atom stereocenters. The quantitative estimate of drug-likeness (QED) is 0.00645. The van der Waals surface area contributed by atoms with Gasteiger partial charge in [-0.15, -0.1) is 0 Å². The number of benzene rings is 4. The summed E-state index contributed by atoms with van der Waals surface area (Å²) in [4.78, 5) is 58.2. The van der Waals surface area contributed by atoms with E-state index < -0.39 is 93.3 Å². The van der Waals surface area contributed by atoms with Crippen molar-refractivity contribution in [2.45, 2.75) is 229 Å². The summed E-state index contributed by atoms with van der Waals surface area (Å²) in [6.07, 6.45) is 1.78. The lowest BCUT2D eigenvalue weighted by Gasteiger charge is -2.34. The average molecular weight is 1950 g/mol. The third-order valence-corrected chi connectivity index (χ3v) is 26.1. The maximum Gasteiger partial charge on any atom is 0.523 e. The molecule has 0 aromatic heterocycles. The summed E-state index contributed by atoms with van der Waals surface area (Å²) in [5.41, 5.74) is -2.21. The monoisotopic (exact) mass is 1950 g/mol. The summed E-state index contributed by atoms with van der Waals surface area (Å²) in [5, 5.41) is 69.7. The van der Waals surface area contributed by atoms with E-state index in [0.29, 0.717) is 45.5 Å². The highest BCUT2D eigenvalue weighted by Crippen LogP contribution is 2.50. The second-order valence-corrected chi connectivity index (χ2v) is 36.6. The molecule has 0 saturated carbocycles. The summed E-state index contributed by atoms with van der Waals surface area (Å²) in [7, 11) is -16.4. The van der Waals surface area contributed by atoms with Crippen LogP contribution in [0.3, 0.4) is 0 Å². The Labute approximate surface area is 775 Å². The maximum absolute atomic E-state index is 13.4. The van der Waals surface area contributed by atoms with Crippen LogP contribution in [0, 0.1) is 0 Å². The lowest BCUT2D eigenvalue weighted by Crippen LogP contribution is -2.50. The van der Waals surface area contributed by atoms with Gasteiger partial charge in [0.2, 0.25) is 0 Å². The summed E-state index contributed by atoms with van der Waals surface area (Å²) in [6.45, 7) is 30.7. The third kappa shape index (κ3) is 54.2. The van der Waals surface area contributed by atoms with Gasteiger partial charge in [-0.05, 0) is 115 Å². The first-order valence-corrected chi connectivity index (χ1v) is 51.6. The predicted octanol–water partition coefficient (Wildman–Crippen LogP) is 13.6. The highest BCUT2D eigenvalue weighted by molar-refractivity contribution is 7.87. The van der Waals surface area contributed by atoms with Gasteiger partial charge in [0.05, 0.1) is 117 Å². The molecule has 0 bridgehead atoms. The number of carbonyl (C=O) groups is 4. The molecule has 0 spiro atoms. The van der Waals surface area contributed by atoms with E-state index >= 15 is 0 Å². The molecule has 4 aromatic carbocycles. The van der Waals surface area contributed by atoms with E-state index in [0.717, 1.165) is 74.1 Å². The zero-order valence-corrected chi connectivity index (χ0v) is 82.7. The highest BCUT2D eigenvalue weighted by atomic mass is 32.2. The van der Waals surface area contributed by atoms with Crippen LogP contribution in [0.4, 0.5) is 32.3 Å². The van der Waals surface area contributed by atoms with Crippen LogP contribution in [0.1, 0.15) is 171 Å². The van der Waals surface area contributed by atoms with Crippen molar-refractivity contribution < 1.29 is 145 Å². The topological polar surface area (TPSA) is 456 Å². The van der Waals surface area contributed by atoms with Crippen molar-refractivity contribution in [3.63, 3.8) is 0 Å². The van der Waals surface area contributed by atoms with E-state index in [-0.39, 0.29) is 162 Å². The number of ether oxygens (including phenoxy) is 6. The van der Waals surface area contributed by atoms with Crippen molar-refractivity contribution in [2.75, 3.05) is 164 Å². The highest BCUT2D eigenvalue weighted by Gasteiger charge is 2.49. The molecule has 8 atom stereocenters. The minimum absolute atomic E-state index is 0.0203. The van der Waals surface area contributed by atoms with Gasteiger partial charge < -0.3 is 127 Å². The average Bonchev–Trinajstić information content (AvgIpc) is 0.825. The van der Waals surface area contributed by atoms with Crippen LogP contribution in [0.2, 0.25) is 0 Å². The maximum atomic E-state index is 13.4. The number of halogens is 3. The van der Waals surface area contributed by atoms with Crippen molar-refractivity contribution in [1.82, 2.24) is 40.9 Å². The van der Waals surface area contributed by atoms with Gasteiger partial charge in [0.25, 0.3) is 0 Å². The molecule has 36 nitrogen and oxygen atoms in total. The van der Waals surface area contributed by atoms with E-state index in [2.05, 4.69) is 41.4 Å². The number of alkyl halides is 3.